The van der Waals surface area contributed by atoms with Crippen LogP contribution in [0.3, 0.4) is 0 Å². The van der Waals surface area contributed by atoms with Crippen LogP contribution in [-0.2, 0) is 6.54 Å². The van der Waals surface area contributed by atoms with Crippen LogP contribution < -0.4 is 19.1 Å². The van der Waals surface area contributed by atoms with Crippen LogP contribution in [0.15, 0.2) is 42.5 Å². The van der Waals surface area contributed by atoms with Gasteiger partial charge >= 0.3 is 0 Å². The van der Waals surface area contributed by atoms with E-state index >= 15 is 0 Å². The third-order valence-corrected chi connectivity index (χ3v) is 3.38. The molecule has 0 aromatic heterocycles. The summed E-state index contributed by atoms with van der Waals surface area (Å²) in [6.45, 7) is 1.13. The maximum absolute atomic E-state index is 5.40. The van der Waals surface area contributed by atoms with E-state index in [0.717, 1.165) is 29.5 Å². The van der Waals surface area contributed by atoms with Gasteiger partial charge in [0.05, 0.1) is 7.11 Å². The molecule has 0 fully saturated rings. The van der Waals surface area contributed by atoms with Crippen LogP contribution >= 0.6 is 0 Å². The van der Waals surface area contributed by atoms with Gasteiger partial charge in [-0.3, -0.25) is 0 Å². The van der Waals surface area contributed by atoms with Gasteiger partial charge in [-0.2, -0.15) is 0 Å². The van der Waals surface area contributed by atoms with Crippen LogP contribution in [0.1, 0.15) is 5.56 Å². The fraction of sp³-hybridized carbons (Fsp3) is 0.250. The smallest absolute Gasteiger partial charge is 0.231 e. The van der Waals surface area contributed by atoms with Crippen molar-refractivity contribution in [2.75, 3.05) is 25.9 Å². The Kier molecular flexibility index (Phi) is 3.37. The molecule has 2 aromatic carbocycles. The van der Waals surface area contributed by atoms with Crippen molar-refractivity contribution in [1.82, 2.24) is 0 Å². The molecule has 1 aliphatic heterocycles. The number of anilines is 1. The Hall–Kier alpha value is -2.36. The predicted molar refractivity (Wildman–Crippen MR) is 77.7 cm³/mol. The first kappa shape index (κ1) is 12.7. The molecule has 3 rings (SSSR count). The summed E-state index contributed by atoms with van der Waals surface area (Å²) in [5.41, 5.74) is 2.33. The van der Waals surface area contributed by atoms with E-state index in [4.69, 9.17) is 14.2 Å². The SMILES string of the molecule is COc1ccc(CN(C)c2ccc3c(c2)OCO3)cc1. The van der Waals surface area contributed by atoms with Gasteiger partial charge < -0.3 is 19.1 Å². The maximum atomic E-state index is 5.40. The Labute approximate surface area is 118 Å². The first-order chi connectivity index (χ1) is 9.76. The Morgan fingerprint density at radius 2 is 1.80 bits per heavy atom. The molecule has 0 radical (unpaired) electrons. The van der Waals surface area contributed by atoms with E-state index in [-0.39, 0.29) is 0 Å². The topological polar surface area (TPSA) is 30.9 Å². The van der Waals surface area contributed by atoms with Crippen LogP contribution in [0.5, 0.6) is 17.2 Å². The van der Waals surface area contributed by atoms with Gasteiger partial charge in [-0.15, -0.1) is 0 Å². The molecule has 0 spiro atoms. The number of rotatable bonds is 4. The van der Waals surface area contributed by atoms with Gasteiger partial charge in [-0.05, 0) is 29.8 Å². The number of hydrogen-bond donors (Lipinski definition) is 0. The van der Waals surface area contributed by atoms with Crippen molar-refractivity contribution >= 4 is 5.69 Å². The highest BCUT2D eigenvalue weighted by molar-refractivity contribution is 5.57. The van der Waals surface area contributed by atoms with Gasteiger partial charge in [0, 0.05) is 25.3 Å². The first-order valence-corrected chi connectivity index (χ1v) is 6.50. The molecule has 1 aliphatic rings. The predicted octanol–water partition coefficient (Wildman–Crippen LogP) is 3.06. The zero-order valence-corrected chi connectivity index (χ0v) is 11.6. The average Bonchev–Trinajstić information content (AvgIpc) is 2.95. The summed E-state index contributed by atoms with van der Waals surface area (Å²) in [5.74, 6) is 2.50. The van der Waals surface area contributed by atoms with E-state index in [1.54, 1.807) is 7.11 Å². The molecule has 4 heteroatoms. The summed E-state index contributed by atoms with van der Waals surface area (Å²) in [6, 6.07) is 14.1. The van der Waals surface area contributed by atoms with Gasteiger partial charge in [-0.1, -0.05) is 12.1 Å². The summed E-state index contributed by atoms with van der Waals surface area (Å²) >= 11 is 0. The van der Waals surface area contributed by atoms with Crippen molar-refractivity contribution in [2.45, 2.75) is 6.54 Å². The van der Waals surface area contributed by atoms with E-state index < -0.39 is 0 Å². The number of benzene rings is 2. The summed E-state index contributed by atoms with van der Waals surface area (Å²) in [7, 11) is 3.73. The number of nitrogens with zero attached hydrogens (tertiary/aromatic N) is 1. The Morgan fingerprint density at radius 1 is 1.05 bits per heavy atom. The molecule has 20 heavy (non-hydrogen) atoms. The van der Waals surface area contributed by atoms with Crippen LogP contribution in [0, 0.1) is 0 Å². The number of hydrogen-bond acceptors (Lipinski definition) is 4. The molecule has 0 aliphatic carbocycles. The fourth-order valence-electron chi connectivity index (χ4n) is 2.22. The number of ether oxygens (including phenoxy) is 3. The molecule has 0 saturated carbocycles. The molecule has 0 bridgehead atoms. The van der Waals surface area contributed by atoms with Gasteiger partial charge in [0.2, 0.25) is 6.79 Å². The summed E-state index contributed by atoms with van der Waals surface area (Å²) in [4.78, 5) is 2.17. The monoisotopic (exact) mass is 271 g/mol. The molecular formula is C16H17NO3. The van der Waals surface area contributed by atoms with Crippen LogP contribution in [0.2, 0.25) is 0 Å². The van der Waals surface area contributed by atoms with Crippen molar-refractivity contribution in [3.8, 4) is 17.2 Å². The Bertz CT molecular complexity index is 595. The molecule has 0 unspecified atom stereocenters. The molecule has 0 atom stereocenters. The quantitative estimate of drug-likeness (QED) is 0.855. The Balaban J connectivity index is 1.73. The third kappa shape index (κ3) is 2.50. The lowest BCUT2D eigenvalue weighted by Gasteiger charge is -2.19. The number of methoxy groups -OCH3 is 1. The van der Waals surface area contributed by atoms with E-state index in [0.29, 0.717) is 6.79 Å². The minimum atomic E-state index is 0.307. The van der Waals surface area contributed by atoms with Crippen molar-refractivity contribution < 1.29 is 14.2 Å². The highest BCUT2D eigenvalue weighted by atomic mass is 16.7. The second kappa shape index (κ2) is 5.33. The summed E-state index contributed by atoms with van der Waals surface area (Å²) < 4.78 is 15.9. The van der Waals surface area contributed by atoms with Gasteiger partial charge in [0.25, 0.3) is 0 Å². The molecule has 0 amide bonds. The zero-order valence-electron chi connectivity index (χ0n) is 11.6. The van der Waals surface area contributed by atoms with E-state index in [1.807, 2.05) is 30.3 Å². The van der Waals surface area contributed by atoms with Gasteiger partial charge in [0.15, 0.2) is 11.5 Å². The van der Waals surface area contributed by atoms with Crippen LogP contribution in [0.25, 0.3) is 0 Å². The minimum absolute atomic E-state index is 0.307. The second-order valence-corrected chi connectivity index (χ2v) is 4.74. The second-order valence-electron chi connectivity index (χ2n) is 4.74. The number of fused-ring (bicyclic) bond motifs is 1. The van der Waals surface area contributed by atoms with Crippen molar-refractivity contribution in [3.05, 3.63) is 48.0 Å². The molecule has 0 saturated heterocycles. The van der Waals surface area contributed by atoms with Crippen molar-refractivity contribution in [2.24, 2.45) is 0 Å². The highest BCUT2D eigenvalue weighted by Gasteiger charge is 2.14. The van der Waals surface area contributed by atoms with E-state index in [9.17, 15) is 0 Å². The molecule has 104 valence electrons. The third-order valence-electron chi connectivity index (χ3n) is 3.38. The zero-order chi connectivity index (χ0) is 13.9. The highest BCUT2D eigenvalue weighted by Crippen LogP contribution is 2.35. The molecule has 1 heterocycles. The van der Waals surface area contributed by atoms with Crippen LogP contribution in [0.4, 0.5) is 5.69 Å². The lowest BCUT2D eigenvalue weighted by Crippen LogP contribution is -2.16. The Morgan fingerprint density at radius 3 is 2.55 bits per heavy atom. The lowest BCUT2D eigenvalue weighted by atomic mass is 10.2. The van der Waals surface area contributed by atoms with Crippen molar-refractivity contribution in [3.63, 3.8) is 0 Å². The normalized spacial score (nSPS) is 12.3. The molecular weight excluding hydrogens is 254 g/mol. The average molecular weight is 271 g/mol. The van der Waals surface area contributed by atoms with E-state index in [1.165, 1.54) is 5.56 Å². The summed E-state index contributed by atoms with van der Waals surface area (Å²) in [5, 5.41) is 0. The van der Waals surface area contributed by atoms with Gasteiger partial charge in [0.1, 0.15) is 5.75 Å². The lowest BCUT2D eigenvalue weighted by molar-refractivity contribution is 0.174. The molecule has 0 N–H and O–H groups in total. The molecule has 2 aromatic rings. The van der Waals surface area contributed by atoms with Crippen molar-refractivity contribution in [1.29, 1.82) is 0 Å². The standard InChI is InChI=1S/C16H17NO3/c1-17(10-12-3-6-14(18-2)7-4-12)13-5-8-15-16(9-13)20-11-19-15/h3-9H,10-11H2,1-2H3. The molecule has 4 nitrogen and oxygen atoms in total. The largest absolute Gasteiger partial charge is 0.497 e. The van der Waals surface area contributed by atoms with Crippen LogP contribution in [-0.4, -0.2) is 21.0 Å². The van der Waals surface area contributed by atoms with E-state index in [2.05, 4.69) is 24.1 Å². The first-order valence-electron chi connectivity index (χ1n) is 6.50. The maximum Gasteiger partial charge on any atom is 0.231 e. The summed E-state index contributed by atoms with van der Waals surface area (Å²) in [6.07, 6.45) is 0. The van der Waals surface area contributed by atoms with Gasteiger partial charge in [-0.25, -0.2) is 0 Å². The fourth-order valence-corrected chi connectivity index (χ4v) is 2.22. The minimum Gasteiger partial charge on any atom is -0.497 e.